The van der Waals surface area contributed by atoms with Crippen molar-refractivity contribution in [3.8, 4) is 0 Å². The van der Waals surface area contributed by atoms with E-state index in [1.54, 1.807) is 0 Å². The van der Waals surface area contributed by atoms with E-state index in [2.05, 4.69) is 0 Å². The molecule has 0 spiro atoms. The van der Waals surface area contributed by atoms with Crippen molar-refractivity contribution in [2.45, 2.75) is 27.1 Å². The topological polar surface area (TPSA) is 18.5 Å². The number of rotatable bonds is 0. The zero-order valence-corrected chi connectivity index (χ0v) is 4.02. The monoisotopic (exact) mass is 104 g/mol. The number of hydrogen-bond acceptors (Lipinski definition) is 2. The molecule has 0 saturated carbocycles. The molecule has 7 heavy (non-hydrogen) atoms. The van der Waals surface area contributed by atoms with E-state index in [0.29, 0.717) is 6.79 Å². The molecule has 2 heteroatoms. The van der Waals surface area contributed by atoms with Crippen LogP contribution >= 0.6 is 0 Å². The van der Waals surface area contributed by atoms with Gasteiger partial charge in [0.05, 0.1) is 0 Å². The third-order valence-corrected chi connectivity index (χ3v) is 0.813. The average molecular weight is 104 g/mol. The van der Waals surface area contributed by atoms with Crippen LogP contribution in [0.1, 0.15) is 21.3 Å². The molecule has 0 N–H and O–H groups in total. The summed E-state index contributed by atoms with van der Waals surface area (Å²) in [6.45, 7) is 4.24. The highest BCUT2D eigenvalue weighted by atomic mass is 16.9. The van der Waals surface area contributed by atoms with Gasteiger partial charge in [0, 0.05) is 0 Å². The standard InChI is InChI=1S/C4H8O2.CH4/c1-4(2)5-3-6-4;/h3H2,1-2H3;1H4. The van der Waals surface area contributed by atoms with Crippen molar-refractivity contribution >= 4 is 0 Å². The van der Waals surface area contributed by atoms with E-state index in [0.717, 1.165) is 0 Å². The molecule has 0 aromatic rings. The van der Waals surface area contributed by atoms with Crippen molar-refractivity contribution in [2.75, 3.05) is 6.79 Å². The van der Waals surface area contributed by atoms with Gasteiger partial charge in [-0.1, -0.05) is 7.43 Å². The summed E-state index contributed by atoms with van der Waals surface area (Å²) in [5.41, 5.74) is 0. The van der Waals surface area contributed by atoms with E-state index in [-0.39, 0.29) is 13.2 Å². The molecule has 44 valence electrons. The van der Waals surface area contributed by atoms with E-state index < -0.39 is 0 Å². The second-order valence-corrected chi connectivity index (χ2v) is 1.81. The van der Waals surface area contributed by atoms with Crippen LogP contribution in [0.4, 0.5) is 0 Å². The molecule has 1 aliphatic heterocycles. The molecule has 0 amide bonds. The summed E-state index contributed by atoms with van der Waals surface area (Å²) < 4.78 is 9.79. The SMILES string of the molecule is C.CC1(C)OCO1. The molecule has 1 heterocycles. The molecule has 2 nitrogen and oxygen atoms in total. The van der Waals surface area contributed by atoms with Crippen LogP contribution in [0.5, 0.6) is 0 Å². The first-order chi connectivity index (χ1) is 2.71. The van der Waals surface area contributed by atoms with E-state index in [4.69, 9.17) is 9.47 Å². The molecule has 1 aliphatic rings. The zero-order valence-electron chi connectivity index (χ0n) is 4.02. The van der Waals surface area contributed by atoms with Crippen molar-refractivity contribution in [3.05, 3.63) is 0 Å². The quantitative estimate of drug-likeness (QED) is 0.462. The van der Waals surface area contributed by atoms with Crippen LogP contribution in [-0.4, -0.2) is 12.6 Å². The molecule has 0 bridgehead atoms. The van der Waals surface area contributed by atoms with Gasteiger partial charge >= 0.3 is 0 Å². The molecule has 1 saturated heterocycles. The van der Waals surface area contributed by atoms with Crippen LogP contribution in [0.2, 0.25) is 0 Å². The van der Waals surface area contributed by atoms with Crippen LogP contribution in [0.15, 0.2) is 0 Å². The fourth-order valence-corrected chi connectivity index (χ4v) is 0.295. The highest BCUT2D eigenvalue weighted by molar-refractivity contribution is 4.56. The Labute approximate surface area is 44.4 Å². The van der Waals surface area contributed by atoms with Gasteiger partial charge in [-0.05, 0) is 13.8 Å². The molecule has 1 fully saturated rings. The summed E-state index contributed by atoms with van der Waals surface area (Å²) in [6.07, 6.45) is 0. The van der Waals surface area contributed by atoms with Crippen LogP contribution in [0, 0.1) is 0 Å². The molecular weight excluding hydrogens is 92.1 g/mol. The van der Waals surface area contributed by atoms with Crippen LogP contribution in [-0.2, 0) is 9.47 Å². The number of ether oxygens (including phenoxy) is 2. The molecule has 0 unspecified atom stereocenters. The highest BCUT2D eigenvalue weighted by Gasteiger charge is 2.27. The molecular formula is C5H12O2. The largest absolute Gasteiger partial charge is 0.324 e. The first kappa shape index (κ1) is 6.92. The lowest BCUT2D eigenvalue weighted by Gasteiger charge is -2.34. The van der Waals surface area contributed by atoms with E-state index in [1.165, 1.54) is 0 Å². The predicted molar refractivity (Wildman–Crippen MR) is 27.8 cm³/mol. The van der Waals surface area contributed by atoms with Gasteiger partial charge in [0.15, 0.2) is 12.6 Å². The summed E-state index contributed by atoms with van der Waals surface area (Å²) in [6, 6.07) is 0. The van der Waals surface area contributed by atoms with E-state index >= 15 is 0 Å². The van der Waals surface area contributed by atoms with Crippen LogP contribution < -0.4 is 0 Å². The Hall–Kier alpha value is -0.0800. The minimum Gasteiger partial charge on any atom is -0.324 e. The summed E-state index contributed by atoms with van der Waals surface area (Å²) in [5, 5.41) is 0. The Morgan fingerprint density at radius 3 is 1.57 bits per heavy atom. The van der Waals surface area contributed by atoms with Gasteiger partial charge in [-0.25, -0.2) is 0 Å². The minimum absolute atomic E-state index is 0. The molecule has 0 aliphatic carbocycles. The number of hydrogen-bond donors (Lipinski definition) is 0. The maximum atomic E-state index is 4.90. The van der Waals surface area contributed by atoms with Gasteiger partial charge in [-0.15, -0.1) is 0 Å². The van der Waals surface area contributed by atoms with E-state index in [9.17, 15) is 0 Å². The Kier molecular flexibility index (Phi) is 1.78. The Morgan fingerprint density at radius 1 is 1.29 bits per heavy atom. The van der Waals surface area contributed by atoms with Crippen molar-refractivity contribution in [1.29, 1.82) is 0 Å². The Balaban J connectivity index is 0.000000360. The van der Waals surface area contributed by atoms with Gasteiger partial charge in [0.1, 0.15) is 0 Å². The van der Waals surface area contributed by atoms with Crippen molar-refractivity contribution in [3.63, 3.8) is 0 Å². The average Bonchev–Trinajstić information content (AvgIpc) is 1.32. The third kappa shape index (κ3) is 1.45. The Bertz CT molecular complexity index is 53.1. The minimum atomic E-state index is -0.278. The molecule has 0 aromatic carbocycles. The summed E-state index contributed by atoms with van der Waals surface area (Å²) in [5.74, 6) is -0.278. The Morgan fingerprint density at radius 2 is 1.57 bits per heavy atom. The van der Waals surface area contributed by atoms with Crippen LogP contribution in [0.25, 0.3) is 0 Å². The maximum Gasteiger partial charge on any atom is 0.168 e. The predicted octanol–water partition coefficient (Wildman–Crippen LogP) is 1.36. The van der Waals surface area contributed by atoms with Crippen molar-refractivity contribution in [1.82, 2.24) is 0 Å². The molecule has 0 atom stereocenters. The van der Waals surface area contributed by atoms with Crippen molar-refractivity contribution in [2.24, 2.45) is 0 Å². The van der Waals surface area contributed by atoms with E-state index in [1.807, 2.05) is 13.8 Å². The van der Waals surface area contributed by atoms with Gasteiger partial charge in [0.25, 0.3) is 0 Å². The normalized spacial score (nSPS) is 24.9. The summed E-state index contributed by atoms with van der Waals surface area (Å²) in [4.78, 5) is 0. The molecule has 0 radical (unpaired) electrons. The lowest BCUT2D eigenvalue weighted by Crippen LogP contribution is -2.40. The second kappa shape index (κ2) is 1.80. The zero-order chi connectivity index (χ0) is 4.62. The lowest BCUT2D eigenvalue weighted by atomic mass is 10.4. The third-order valence-electron chi connectivity index (χ3n) is 0.813. The first-order valence-electron chi connectivity index (χ1n) is 1.99. The summed E-state index contributed by atoms with van der Waals surface area (Å²) >= 11 is 0. The maximum absolute atomic E-state index is 4.90. The van der Waals surface area contributed by atoms with Gasteiger partial charge < -0.3 is 9.47 Å². The second-order valence-electron chi connectivity index (χ2n) is 1.81. The lowest BCUT2D eigenvalue weighted by molar-refractivity contribution is -0.379. The smallest absolute Gasteiger partial charge is 0.168 e. The van der Waals surface area contributed by atoms with Crippen LogP contribution in [0.3, 0.4) is 0 Å². The fourth-order valence-electron chi connectivity index (χ4n) is 0.295. The first-order valence-corrected chi connectivity index (χ1v) is 1.99. The van der Waals surface area contributed by atoms with Crippen molar-refractivity contribution < 1.29 is 9.47 Å². The van der Waals surface area contributed by atoms with Gasteiger partial charge in [-0.3, -0.25) is 0 Å². The molecule has 0 aromatic heterocycles. The van der Waals surface area contributed by atoms with Gasteiger partial charge in [-0.2, -0.15) is 0 Å². The summed E-state index contributed by atoms with van der Waals surface area (Å²) in [7, 11) is 0. The van der Waals surface area contributed by atoms with Gasteiger partial charge in [0.2, 0.25) is 0 Å². The molecule has 1 rings (SSSR count). The fraction of sp³-hybridized carbons (Fsp3) is 1.00. The highest BCUT2D eigenvalue weighted by Crippen LogP contribution is 2.19.